The number of hydrogen-bond acceptors (Lipinski definition) is 4. The van der Waals surface area contributed by atoms with Crippen LogP contribution in [0.1, 0.15) is 38.5 Å². The van der Waals surface area contributed by atoms with Gasteiger partial charge in [0, 0.05) is 25.8 Å². The molecule has 1 N–H and O–H groups in total. The van der Waals surface area contributed by atoms with E-state index in [-0.39, 0.29) is 5.60 Å². The summed E-state index contributed by atoms with van der Waals surface area (Å²) >= 11 is 0. The number of ether oxygens (including phenoxy) is 2. The van der Waals surface area contributed by atoms with Gasteiger partial charge in [0.15, 0.2) is 0 Å². The van der Waals surface area contributed by atoms with E-state index in [0.717, 1.165) is 25.3 Å². The van der Waals surface area contributed by atoms with Crippen molar-refractivity contribution >= 4 is 0 Å². The molecule has 0 aromatic carbocycles. The molecule has 0 fully saturated rings. The molecule has 0 bridgehead atoms. The second-order valence-electron chi connectivity index (χ2n) is 4.92. The molecule has 0 aliphatic heterocycles. The van der Waals surface area contributed by atoms with E-state index < -0.39 is 0 Å². The molecular formula is C14H25NO3. The van der Waals surface area contributed by atoms with E-state index in [1.807, 2.05) is 6.07 Å². The molecule has 1 aromatic heterocycles. The summed E-state index contributed by atoms with van der Waals surface area (Å²) in [6.45, 7) is 9.17. The normalized spacial score (nSPS) is 12.0. The minimum absolute atomic E-state index is 0.129. The smallest absolute Gasteiger partial charge is 0.133 e. The van der Waals surface area contributed by atoms with Crippen LogP contribution in [0.5, 0.6) is 0 Å². The van der Waals surface area contributed by atoms with Gasteiger partial charge in [-0.05, 0) is 32.9 Å². The zero-order valence-corrected chi connectivity index (χ0v) is 11.9. The number of hydrogen-bond donors (Lipinski definition) is 1. The predicted molar refractivity (Wildman–Crippen MR) is 71.4 cm³/mol. The van der Waals surface area contributed by atoms with E-state index in [1.54, 1.807) is 13.4 Å². The lowest BCUT2D eigenvalue weighted by Gasteiger charge is -2.22. The quantitative estimate of drug-likeness (QED) is 0.689. The Balaban J connectivity index is 2.29. The summed E-state index contributed by atoms with van der Waals surface area (Å²) in [5.74, 6) is 0.908. The Labute approximate surface area is 110 Å². The first-order chi connectivity index (χ1) is 8.59. The molecule has 0 aliphatic carbocycles. The van der Waals surface area contributed by atoms with Crippen molar-refractivity contribution in [1.82, 2.24) is 5.32 Å². The Morgan fingerprint density at radius 1 is 1.39 bits per heavy atom. The Bertz CT molecular complexity index is 334. The van der Waals surface area contributed by atoms with Crippen molar-refractivity contribution in [2.45, 2.75) is 45.9 Å². The van der Waals surface area contributed by atoms with Crippen LogP contribution in [0.3, 0.4) is 0 Å². The Morgan fingerprint density at radius 2 is 2.17 bits per heavy atom. The van der Waals surface area contributed by atoms with Crippen molar-refractivity contribution in [3.63, 3.8) is 0 Å². The SMILES string of the molecule is CCNCc1ccoc1COCCC(C)(C)OC. The summed E-state index contributed by atoms with van der Waals surface area (Å²) in [6, 6.07) is 1.99. The first-order valence-electron chi connectivity index (χ1n) is 6.48. The highest BCUT2D eigenvalue weighted by atomic mass is 16.5. The minimum atomic E-state index is -0.129. The molecule has 0 unspecified atom stereocenters. The second-order valence-corrected chi connectivity index (χ2v) is 4.92. The van der Waals surface area contributed by atoms with Gasteiger partial charge in [-0.3, -0.25) is 0 Å². The van der Waals surface area contributed by atoms with Gasteiger partial charge in [0.2, 0.25) is 0 Å². The van der Waals surface area contributed by atoms with E-state index >= 15 is 0 Å². The standard InChI is InChI=1S/C14H25NO3/c1-5-15-10-12-6-8-18-13(12)11-17-9-7-14(2,3)16-4/h6,8,15H,5,7,9-11H2,1-4H3. The summed E-state index contributed by atoms with van der Waals surface area (Å²) in [7, 11) is 1.72. The van der Waals surface area contributed by atoms with Crippen molar-refractivity contribution in [2.24, 2.45) is 0 Å². The summed E-state index contributed by atoms with van der Waals surface area (Å²) < 4.78 is 16.4. The van der Waals surface area contributed by atoms with Crippen molar-refractivity contribution in [3.8, 4) is 0 Å². The lowest BCUT2D eigenvalue weighted by Crippen LogP contribution is -2.24. The minimum Gasteiger partial charge on any atom is -0.467 e. The third-order valence-electron chi connectivity index (χ3n) is 3.04. The van der Waals surface area contributed by atoms with Crippen LogP contribution in [-0.2, 0) is 22.6 Å². The zero-order chi connectivity index (χ0) is 13.4. The third kappa shape index (κ3) is 5.21. The van der Waals surface area contributed by atoms with Crippen molar-refractivity contribution in [3.05, 3.63) is 23.7 Å². The summed E-state index contributed by atoms with van der Waals surface area (Å²) in [6.07, 6.45) is 2.58. The van der Waals surface area contributed by atoms with Gasteiger partial charge < -0.3 is 19.2 Å². The maximum Gasteiger partial charge on any atom is 0.133 e. The van der Waals surface area contributed by atoms with Crippen LogP contribution in [0.4, 0.5) is 0 Å². The van der Waals surface area contributed by atoms with Gasteiger partial charge in [0.1, 0.15) is 12.4 Å². The Kier molecular flexibility index (Phi) is 6.39. The van der Waals surface area contributed by atoms with Crippen LogP contribution in [0, 0.1) is 0 Å². The lowest BCUT2D eigenvalue weighted by atomic mass is 10.1. The first-order valence-corrected chi connectivity index (χ1v) is 6.48. The van der Waals surface area contributed by atoms with Gasteiger partial charge in [-0.1, -0.05) is 6.92 Å². The highest BCUT2D eigenvalue weighted by Gasteiger charge is 2.16. The number of nitrogens with one attached hydrogen (secondary N) is 1. The monoisotopic (exact) mass is 255 g/mol. The molecule has 0 amide bonds. The molecule has 4 nitrogen and oxygen atoms in total. The average molecular weight is 255 g/mol. The van der Waals surface area contributed by atoms with Gasteiger partial charge in [-0.25, -0.2) is 0 Å². The van der Waals surface area contributed by atoms with Crippen LogP contribution in [0.25, 0.3) is 0 Å². The molecule has 104 valence electrons. The van der Waals surface area contributed by atoms with Crippen molar-refractivity contribution in [2.75, 3.05) is 20.3 Å². The van der Waals surface area contributed by atoms with E-state index in [9.17, 15) is 0 Å². The topological polar surface area (TPSA) is 43.6 Å². The molecule has 1 rings (SSSR count). The number of furan rings is 1. The summed E-state index contributed by atoms with van der Waals surface area (Å²) in [4.78, 5) is 0. The lowest BCUT2D eigenvalue weighted by molar-refractivity contribution is -0.0144. The molecule has 0 spiro atoms. The zero-order valence-electron chi connectivity index (χ0n) is 11.9. The van der Waals surface area contributed by atoms with E-state index in [1.165, 1.54) is 5.56 Å². The molecule has 1 heterocycles. The summed E-state index contributed by atoms with van der Waals surface area (Å²) in [5.41, 5.74) is 1.04. The molecule has 1 aromatic rings. The maximum atomic E-state index is 5.63. The molecule has 0 radical (unpaired) electrons. The molecule has 18 heavy (non-hydrogen) atoms. The molecule has 0 saturated heterocycles. The molecule has 0 saturated carbocycles. The van der Waals surface area contributed by atoms with E-state index in [0.29, 0.717) is 13.2 Å². The van der Waals surface area contributed by atoms with Crippen LogP contribution < -0.4 is 5.32 Å². The first kappa shape index (κ1) is 15.2. The van der Waals surface area contributed by atoms with Gasteiger partial charge in [-0.15, -0.1) is 0 Å². The van der Waals surface area contributed by atoms with Gasteiger partial charge >= 0.3 is 0 Å². The maximum absolute atomic E-state index is 5.63. The second kappa shape index (κ2) is 7.56. The molecule has 4 heteroatoms. The number of rotatable bonds is 9. The van der Waals surface area contributed by atoms with Gasteiger partial charge in [0.25, 0.3) is 0 Å². The largest absolute Gasteiger partial charge is 0.467 e. The molecule has 0 atom stereocenters. The van der Waals surface area contributed by atoms with Crippen LogP contribution >= 0.6 is 0 Å². The van der Waals surface area contributed by atoms with Crippen molar-refractivity contribution < 1.29 is 13.9 Å². The van der Waals surface area contributed by atoms with Crippen molar-refractivity contribution in [1.29, 1.82) is 0 Å². The van der Waals surface area contributed by atoms with Gasteiger partial charge in [-0.2, -0.15) is 0 Å². The highest BCUT2D eigenvalue weighted by Crippen LogP contribution is 2.15. The fourth-order valence-electron chi connectivity index (χ4n) is 1.50. The molecule has 0 aliphatic rings. The van der Waals surface area contributed by atoms with E-state index in [4.69, 9.17) is 13.9 Å². The van der Waals surface area contributed by atoms with E-state index in [2.05, 4.69) is 26.1 Å². The van der Waals surface area contributed by atoms with Crippen LogP contribution in [0.2, 0.25) is 0 Å². The van der Waals surface area contributed by atoms with Gasteiger partial charge in [0.05, 0.1) is 11.9 Å². The fourth-order valence-corrected chi connectivity index (χ4v) is 1.50. The number of methoxy groups -OCH3 is 1. The Hall–Kier alpha value is -0.840. The van der Waals surface area contributed by atoms with Crippen LogP contribution in [0.15, 0.2) is 16.7 Å². The predicted octanol–water partition coefficient (Wildman–Crippen LogP) is 2.72. The average Bonchev–Trinajstić information content (AvgIpc) is 2.79. The summed E-state index contributed by atoms with van der Waals surface area (Å²) in [5, 5.41) is 3.28. The third-order valence-corrected chi connectivity index (χ3v) is 3.04. The molecular weight excluding hydrogens is 230 g/mol. The Morgan fingerprint density at radius 3 is 2.83 bits per heavy atom. The fraction of sp³-hybridized carbons (Fsp3) is 0.714. The highest BCUT2D eigenvalue weighted by molar-refractivity contribution is 5.15. The van der Waals surface area contributed by atoms with Crippen LogP contribution in [-0.4, -0.2) is 25.9 Å².